The van der Waals surface area contributed by atoms with Crippen LogP contribution < -0.4 is 0 Å². The second kappa shape index (κ2) is 9.91. The highest BCUT2D eigenvalue weighted by Gasteiger charge is 2.55. The van der Waals surface area contributed by atoms with Gasteiger partial charge in [-0.25, -0.2) is 4.39 Å². The molecule has 5 rings (SSSR count). The Morgan fingerprint density at radius 1 is 1.00 bits per heavy atom. The maximum absolute atomic E-state index is 13.7. The predicted octanol–water partition coefficient (Wildman–Crippen LogP) is 5.51. The quantitative estimate of drug-likeness (QED) is 0.484. The molecule has 2 aromatic rings. The minimum atomic E-state index is -4.83. The van der Waals surface area contributed by atoms with Crippen LogP contribution >= 0.6 is 0 Å². The molecule has 1 heterocycles. The molecule has 1 aliphatic heterocycles. The van der Waals surface area contributed by atoms with Gasteiger partial charge < -0.3 is 15.1 Å². The monoisotopic (exact) mass is 547 g/mol. The zero-order valence-corrected chi connectivity index (χ0v) is 21.8. The van der Waals surface area contributed by atoms with E-state index >= 15 is 0 Å². The Kier molecular flexibility index (Phi) is 7.02. The fourth-order valence-corrected chi connectivity index (χ4v) is 7.09. The molecular formula is C30H33F4NO4. The van der Waals surface area contributed by atoms with Gasteiger partial charge in [0.05, 0.1) is 5.92 Å². The van der Waals surface area contributed by atoms with Crippen molar-refractivity contribution in [3.05, 3.63) is 70.5 Å². The smallest absolute Gasteiger partial charge is 0.421 e. The molecule has 2 N–H and O–H groups in total. The fourth-order valence-electron chi connectivity index (χ4n) is 7.09. The van der Waals surface area contributed by atoms with E-state index in [1.54, 1.807) is 18.2 Å². The SMILES string of the molecule is CC(O)(c1ccc2c(c1)CC[C@H]1N(C(=O)C3CCC(C(=O)O)CC3)CC[C@@]21Cc1ccc(F)cc1)C(F)(F)F. The highest BCUT2D eigenvalue weighted by atomic mass is 19.4. The van der Waals surface area contributed by atoms with E-state index < -0.39 is 29.1 Å². The minimum Gasteiger partial charge on any atom is -0.481 e. The van der Waals surface area contributed by atoms with E-state index in [4.69, 9.17) is 0 Å². The number of likely N-dealkylation sites (tertiary alicyclic amines) is 1. The minimum absolute atomic E-state index is 0.0184. The lowest BCUT2D eigenvalue weighted by molar-refractivity contribution is -0.258. The summed E-state index contributed by atoms with van der Waals surface area (Å²) >= 11 is 0. The Morgan fingerprint density at radius 2 is 1.64 bits per heavy atom. The number of aliphatic hydroxyl groups is 1. The van der Waals surface area contributed by atoms with Gasteiger partial charge in [0.25, 0.3) is 0 Å². The number of benzene rings is 2. The van der Waals surface area contributed by atoms with E-state index in [0.29, 0.717) is 57.9 Å². The van der Waals surface area contributed by atoms with Gasteiger partial charge in [0.15, 0.2) is 5.60 Å². The fraction of sp³-hybridized carbons (Fsp3) is 0.533. The number of hydrogen-bond acceptors (Lipinski definition) is 3. The molecule has 1 saturated heterocycles. The molecule has 0 radical (unpaired) electrons. The number of carbonyl (C=O) groups excluding carboxylic acids is 1. The molecule has 0 aromatic heterocycles. The number of nitrogens with zero attached hydrogens (tertiary/aromatic N) is 1. The van der Waals surface area contributed by atoms with Gasteiger partial charge in [-0.1, -0.05) is 30.3 Å². The van der Waals surface area contributed by atoms with Gasteiger partial charge >= 0.3 is 12.1 Å². The van der Waals surface area contributed by atoms with Crippen LogP contribution in [-0.2, 0) is 33.4 Å². The number of alkyl halides is 3. The highest BCUT2D eigenvalue weighted by Crippen LogP contribution is 2.51. The summed E-state index contributed by atoms with van der Waals surface area (Å²) in [6.07, 6.45) is -0.730. The van der Waals surface area contributed by atoms with Crippen molar-refractivity contribution >= 4 is 11.9 Å². The van der Waals surface area contributed by atoms with Crippen LogP contribution in [0.5, 0.6) is 0 Å². The summed E-state index contributed by atoms with van der Waals surface area (Å²) < 4.78 is 54.4. The molecule has 1 amide bonds. The molecule has 210 valence electrons. The maximum Gasteiger partial charge on any atom is 0.421 e. The summed E-state index contributed by atoms with van der Waals surface area (Å²) in [7, 11) is 0. The molecule has 1 saturated carbocycles. The molecule has 3 atom stereocenters. The molecule has 2 aliphatic carbocycles. The Balaban J connectivity index is 1.49. The normalized spacial score (nSPS) is 28.4. The van der Waals surface area contributed by atoms with Crippen LogP contribution in [0.15, 0.2) is 42.5 Å². The number of carboxylic acid groups (broad SMARTS) is 1. The van der Waals surface area contributed by atoms with Crippen LogP contribution in [0.1, 0.15) is 67.7 Å². The second-order valence-corrected chi connectivity index (χ2v) is 11.6. The number of fused-ring (bicyclic) bond motifs is 3. The number of aryl methyl sites for hydroxylation is 1. The van der Waals surface area contributed by atoms with Crippen LogP contribution in [0.2, 0.25) is 0 Å². The number of amides is 1. The zero-order chi connectivity index (χ0) is 28.2. The van der Waals surface area contributed by atoms with Crippen LogP contribution in [0.3, 0.4) is 0 Å². The van der Waals surface area contributed by atoms with Gasteiger partial charge in [-0.15, -0.1) is 0 Å². The van der Waals surface area contributed by atoms with Crippen molar-refractivity contribution < 1.29 is 37.4 Å². The van der Waals surface area contributed by atoms with Crippen LogP contribution in [0, 0.1) is 17.7 Å². The topological polar surface area (TPSA) is 77.8 Å². The summed E-state index contributed by atoms with van der Waals surface area (Å²) in [5.74, 6) is -1.84. The molecule has 9 heteroatoms. The van der Waals surface area contributed by atoms with Gasteiger partial charge in [0.2, 0.25) is 5.91 Å². The molecule has 2 aromatic carbocycles. The average Bonchev–Trinajstić information content (AvgIpc) is 3.28. The number of aliphatic carboxylic acids is 1. The van der Waals surface area contributed by atoms with E-state index in [1.165, 1.54) is 24.3 Å². The summed E-state index contributed by atoms with van der Waals surface area (Å²) in [5.41, 5.74) is -1.30. The molecule has 0 bridgehead atoms. The lowest BCUT2D eigenvalue weighted by Crippen LogP contribution is -2.51. The van der Waals surface area contributed by atoms with Crippen molar-refractivity contribution in [3.63, 3.8) is 0 Å². The van der Waals surface area contributed by atoms with Crippen molar-refractivity contribution in [2.45, 2.75) is 81.5 Å². The summed E-state index contributed by atoms with van der Waals surface area (Å²) in [5, 5.41) is 19.6. The van der Waals surface area contributed by atoms with E-state index in [1.807, 2.05) is 4.90 Å². The molecule has 2 fully saturated rings. The van der Waals surface area contributed by atoms with E-state index in [0.717, 1.165) is 23.6 Å². The van der Waals surface area contributed by atoms with Crippen LogP contribution in [0.4, 0.5) is 17.6 Å². The molecule has 1 unspecified atom stereocenters. The van der Waals surface area contributed by atoms with Crippen LogP contribution in [0.25, 0.3) is 0 Å². The largest absolute Gasteiger partial charge is 0.481 e. The maximum atomic E-state index is 13.7. The average molecular weight is 548 g/mol. The van der Waals surface area contributed by atoms with Crippen molar-refractivity contribution in [3.8, 4) is 0 Å². The first-order valence-corrected chi connectivity index (χ1v) is 13.5. The first-order chi connectivity index (χ1) is 18.3. The summed E-state index contributed by atoms with van der Waals surface area (Å²) in [6, 6.07) is 10.4. The lowest BCUT2D eigenvalue weighted by atomic mass is 9.63. The predicted molar refractivity (Wildman–Crippen MR) is 135 cm³/mol. The van der Waals surface area contributed by atoms with E-state index in [2.05, 4.69) is 0 Å². The zero-order valence-electron chi connectivity index (χ0n) is 21.8. The van der Waals surface area contributed by atoms with Gasteiger partial charge in [-0.2, -0.15) is 13.2 Å². The third kappa shape index (κ3) is 4.83. The van der Waals surface area contributed by atoms with Crippen molar-refractivity contribution in [2.75, 3.05) is 6.54 Å². The second-order valence-electron chi connectivity index (χ2n) is 11.6. The number of hydrogen-bond donors (Lipinski definition) is 2. The Hall–Kier alpha value is -2.94. The Morgan fingerprint density at radius 3 is 2.26 bits per heavy atom. The standard InChI is InChI=1S/C30H33F4NO4/c1-28(39,30(32,33)34)22-9-12-24-21(16-22)8-13-25-29(24,17-18-2-10-23(31)11-3-18)14-15-35(25)26(36)19-4-6-20(7-5-19)27(37)38/h2-3,9-12,16,19-20,25,39H,4-8,13-15,17H2,1H3,(H,37,38)/t19?,20?,25-,28?,29-/m1/s1. The highest BCUT2D eigenvalue weighted by molar-refractivity contribution is 5.80. The summed E-state index contributed by atoms with van der Waals surface area (Å²) in [6.45, 7) is 1.24. The molecule has 5 nitrogen and oxygen atoms in total. The van der Waals surface area contributed by atoms with Crippen LogP contribution in [-0.4, -0.2) is 45.8 Å². The van der Waals surface area contributed by atoms with Crippen molar-refractivity contribution in [1.29, 1.82) is 0 Å². The van der Waals surface area contributed by atoms with Gasteiger partial charge in [-0.3, -0.25) is 9.59 Å². The van der Waals surface area contributed by atoms with E-state index in [-0.39, 0.29) is 29.2 Å². The Labute approximate surface area is 224 Å². The van der Waals surface area contributed by atoms with Crippen molar-refractivity contribution in [1.82, 2.24) is 4.90 Å². The molecular weight excluding hydrogens is 514 g/mol. The first kappa shape index (κ1) is 27.6. The van der Waals surface area contributed by atoms with Gasteiger partial charge in [-0.05, 0) is 92.7 Å². The van der Waals surface area contributed by atoms with Crippen molar-refractivity contribution in [2.24, 2.45) is 11.8 Å². The number of rotatable bonds is 5. The number of carbonyl (C=O) groups is 2. The van der Waals surface area contributed by atoms with Gasteiger partial charge in [0.1, 0.15) is 5.82 Å². The lowest BCUT2D eigenvalue weighted by Gasteiger charge is -2.45. The number of carboxylic acids is 1. The Bertz CT molecular complexity index is 1250. The molecule has 39 heavy (non-hydrogen) atoms. The molecule has 0 spiro atoms. The van der Waals surface area contributed by atoms with Gasteiger partial charge in [0, 0.05) is 23.9 Å². The van der Waals surface area contributed by atoms with E-state index in [9.17, 15) is 37.4 Å². The molecule has 3 aliphatic rings. The summed E-state index contributed by atoms with van der Waals surface area (Å²) in [4.78, 5) is 27.0. The third-order valence-corrected chi connectivity index (χ3v) is 9.40. The number of halogens is 4. The third-order valence-electron chi connectivity index (χ3n) is 9.40. The first-order valence-electron chi connectivity index (χ1n) is 13.5.